The molecule has 132 valence electrons. The minimum absolute atomic E-state index is 0.402. The normalized spacial score (nSPS) is 16.2. The van der Waals surface area contributed by atoms with Crippen LogP contribution in [0.2, 0.25) is 0 Å². The van der Waals surface area contributed by atoms with Gasteiger partial charge in [0.15, 0.2) is 0 Å². The highest BCUT2D eigenvalue weighted by Crippen LogP contribution is 2.06. The van der Waals surface area contributed by atoms with Crippen molar-refractivity contribution >= 4 is 22.6 Å². The number of hydrogen-bond donors (Lipinski definition) is 1. The fraction of sp³-hybridized carbons (Fsp3) is 1.00. The molecule has 1 saturated heterocycles. The summed E-state index contributed by atoms with van der Waals surface area (Å²) in [6.07, 6.45) is 2.61. The summed E-state index contributed by atoms with van der Waals surface area (Å²) in [6.45, 7) is 7.91. The molecular weight excluding hydrogens is 401 g/mol. The number of nitrogens with one attached hydrogen (secondary N) is 1. The summed E-state index contributed by atoms with van der Waals surface area (Å²) in [5, 5.41) is 3.32. The molecule has 0 saturated carbocycles. The van der Waals surface area contributed by atoms with Crippen LogP contribution < -0.4 is 5.32 Å². The maximum atomic E-state index is 5.74. The fourth-order valence-electron chi connectivity index (χ4n) is 2.05. The molecule has 0 atom stereocenters. The Labute approximate surface area is 147 Å². The Balaban J connectivity index is 1.68. The maximum Gasteiger partial charge on any atom is 0.0704 e. The van der Waals surface area contributed by atoms with Crippen molar-refractivity contribution in [1.82, 2.24) is 5.32 Å². The van der Waals surface area contributed by atoms with Crippen LogP contribution >= 0.6 is 22.6 Å². The van der Waals surface area contributed by atoms with Crippen LogP contribution in [0.5, 0.6) is 0 Å². The van der Waals surface area contributed by atoms with Gasteiger partial charge in [-0.05, 0) is 25.9 Å². The lowest BCUT2D eigenvalue weighted by atomic mass is 10.1. The first kappa shape index (κ1) is 20.5. The molecule has 0 radical (unpaired) electrons. The van der Waals surface area contributed by atoms with Crippen LogP contribution in [0.4, 0.5) is 0 Å². The molecule has 1 heterocycles. The first-order chi connectivity index (χ1) is 10.9. The van der Waals surface area contributed by atoms with E-state index in [2.05, 4.69) is 27.9 Å². The van der Waals surface area contributed by atoms with Crippen molar-refractivity contribution in [1.29, 1.82) is 0 Å². The number of alkyl halides is 1. The topological polar surface area (TPSA) is 58.2 Å². The molecule has 22 heavy (non-hydrogen) atoms. The molecule has 1 aliphatic rings. The zero-order chi connectivity index (χ0) is 15.7. The highest BCUT2D eigenvalue weighted by atomic mass is 127. The zero-order valence-corrected chi connectivity index (χ0v) is 15.6. The summed E-state index contributed by atoms with van der Waals surface area (Å²) in [5.41, 5.74) is 0. The highest BCUT2D eigenvalue weighted by molar-refractivity contribution is 14.1. The van der Waals surface area contributed by atoms with Crippen molar-refractivity contribution in [3.8, 4) is 0 Å². The van der Waals surface area contributed by atoms with E-state index in [9.17, 15) is 0 Å². The number of rotatable bonds is 15. The fourth-order valence-corrected chi connectivity index (χ4v) is 2.36. The Kier molecular flexibility index (Phi) is 15.3. The standard InChI is InChI=1S/C15H30INO5/c16-3-6-18-7-8-19-9-10-20-11-12-21-13-14-22-15-1-4-17-5-2-15/h15,17H,1-14H2. The average Bonchev–Trinajstić information content (AvgIpc) is 2.56. The van der Waals surface area contributed by atoms with Gasteiger partial charge in [0.1, 0.15) is 0 Å². The Morgan fingerprint density at radius 1 is 0.682 bits per heavy atom. The third-order valence-electron chi connectivity index (χ3n) is 3.20. The second kappa shape index (κ2) is 16.4. The summed E-state index contributed by atoms with van der Waals surface area (Å²) in [6, 6.07) is 0. The van der Waals surface area contributed by atoms with Crippen molar-refractivity contribution < 1.29 is 23.7 Å². The highest BCUT2D eigenvalue weighted by Gasteiger charge is 2.12. The maximum absolute atomic E-state index is 5.74. The predicted molar refractivity (Wildman–Crippen MR) is 94.0 cm³/mol. The van der Waals surface area contributed by atoms with Crippen LogP contribution in [0.15, 0.2) is 0 Å². The van der Waals surface area contributed by atoms with Gasteiger partial charge in [0.25, 0.3) is 0 Å². The van der Waals surface area contributed by atoms with E-state index < -0.39 is 0 Å². The molecule has 1 aliphatic heterocycles. The summed E-state index contributed by atoms with van der Waals surface area (Å²) >= 11 is 2.29. The lowest BCUT2D eigenvalue weighted by Crippen LogP contribution is -2.33. The van der Waals surface area contributed by atoms with Crippen molar-refractivity contribution in [2.75, 3.05) is 77.0 Å². The zero-order valence-electron chi connectivity index (χ0n) is 13.4. The molecule has 1 rings (SSSR count). The van der Waals surface area contributed by atoms with E-state index in [1.54, 1.807) is 0 Å². The predicted octanol–water partition coefficient (Wildman–Crippen LogP) is 1.26. The van der Waals surface area contributed by atoms with Gasteiger partial charge in [-0.15, -0.1) is 0 Å². The molecule has 7 heteroatoms. The third-order valence-corrected chi connectivity index (χ3v) is 3.65. The first-order valence-electron chi connectivity index (χ1n) is 8.12. The SMILES string of the molecule is ICCOCCOCCOCCOCCOC1CCNCC1. The van der Waals surface area contributed by atoms with Crippen LogP contribution in [0.3, 0.4) is 0 Å². The number of piperidine rings is 1. The molecule has 0 aromatic carbocycles. The van der Waals surface area contributed by atoms with E-state index >= 15 is 0 Å². The summed E-state index contributed by atoms with van der Waals surface area (Å²) in [5.74, 6) is 0. The molecule has 0 spiro atoms. The van der Waals surface area contributed by atoms with Gasteiger partial charge < -0.3 is 29.0 Å². The monoisotopic (exact) mass is 431 g/mol. The molecule has 0 aromatic heterocycles. The number of hydrogen-bond acceptors (Lipinski definition) is 6. The van der Waals surface area contributed by atoms with Crippen molar-refractivity contribution in [3.05, 3.63) is 0 Å². The van der Waals surface area contributed by atoms with Crippen molar-refractivity contribution in [3.63, 3.8) is 0 Å². The second-order valence-corrected chi connectivity index (χ2v) is 6.04. The van der Waals surface area contributed by atoms with Gasteiger partial charge in [0.2, 0.25) is 0 Å². The molecule has 0 bridgehead atoms. The van der Waals surface area contributed by atoms with Gasteiger partial charge in [-0.3, -0.25) is 0 Å². The molecule has 1 fully saturated rings. The second-order valence-electron chi connectivity index (χ2n) is 4.96. The van der Waals surface area contributed by atoms with Crippen molar-refractivity contribution in [2.45, 2.75) is 18.9 Å². The molecule has 0 unspecified atom stereocenters. The lowest BCUT2D eigenvalue weighted by Gasteiger charge is -2.22. The molecule has 1 N–H and O–H groups in total. The molecular formula is C15H30INO5. The minimum Gasteiger partial charge on any atom is -0.378 e. The third kappa shape index (κ3) is 13.0. The van der Waals surface area contributed by atoms with E-state index in [0.29, 0.717) is 59.0 Å². The first-order valence-corrected chi connectivity index (χ1v) is 9.65. The number of ether oxygens (including phenoxy) is 5. The van der Waals surface area contributed by atoms with Crippen molar-refractivity contribution in [2.24, 2.45) is 0 Å². The Bertz CT molecular complexity index is 230. The summed E-state index contributed by atoms with van der Waals surface area (Å²) in [7, 11) is 0. The van der Waals surface area contributed by atoms with Gasteiger partial charge in [-0.25, -0.2) is 0 Å². The van der Waals surface area contributed by atoms with Crippen LogP contribution in [-0.4, -0.2) is 83.1 Å². The van der Waals surface area contributed by atoms with E-state index in [1.807, 2.05) is 0 Å². The van der Waals surface area contributed by atoms with Gasteiger partial charge >= 0.3 is 0 Å². The smallest absolute Gasteiger partial charge is 0.0704 e. The van der Waals surface area contributed by atoms with Crippen LogP contribution in [-0.2, 0) is 23.7 Å². The molecule has 6 nitrogen and oxygen atoms in total. The van der Waals surface area contributed by atoms with Crippen LogP contribution in [0.25, 0.3) is 0 Å². The van der Waals surface area contributed by atoms with E-state index in [-0.39, 0.29) is 0 Å². The Morgan fingerprint density at radius 3 is 1.64 bits per heavy atom. The van der Waals surface area contributed by atoms with Gasteiger partial charge in [0, 0.05) is 4.43 Å². The quantitative estimate of drug-likeness (QED) is 0.239. The largest absolute Gasteiger partial charge is 0.378 e. The summed E-state index contributed by atoms with van der Waals surface area (Å²) in [4.78, 5) is 0. The van der Waals surface area contributed by atoms with E-state index in [4.69, 9.17) is 23.7 Å². The molecule has 0 amide bonds. The minimum atomic E-state index is 0.402. The van der Waals surface area contributed by atoms with Gasteiger partial charge in [-0.2, -0.15) is 0 Å². The van der Waals surface area contributed by atoms with Crippen LogP contribution in [0, 0.1) is 0 Å². The Morgan fingerprint density at radius 2 is 1.14 bits per heavy atom. The lowest BCUT2D eigenvalue weighted by molar-refractivity contribution is -0.0276. The van der Waals surface area contributed by atoms with E-state index in [0.717, 1.165) is 37.0 Å². The number of halogens is 1. The van der Waals surface area contributed by atoms with Gasteiger partial charge in [0.05, 0.1) is 65.6 Å². The Hall–Kier alpha value is 0.490. The molecule has 0 aromatic rings. The van der Waals surface area contributed by atoms with Crippen LogP contribution in [0.1, 0.15) is 12.8 Å². The summed E-state index contributed by atoms with van der Waals surface area (Å²) < 4.78 is 28.3. The van der Waals surface area contributed by atoms with Gasteiger partial charge in [-0.1, -0.05) is 22.6 Å². The van der Waals surface area contributed by atoms with E-state index in [1.165, 1.54) is 0 Å². The molecule has 0 aliphatic carbocycles. The average molecular weight is 431 g/mol.